The number of nitrogens with one attached hydrogen (secondary N) is 1. The Morgan fingerprint density at radius 3 is 3.00 bits per heavy atom. The molecular weight excluding hydrogens is 262 g/mol. The summed E-state index contributed by atoms with van der Waals surface area (Å²) in [6.07, 6.45) is 8.53. The third kappa shape index (κ3) is 3.57. The van der Waals surface area contributed by atoms with Gasteiger partial charge in [0.15, 0.2) is 0 Å². The highest BCUT2D eigenvalue weighted by atomic mass is 32.2. The lowest BCUT2D eigenvalue weighted by atomic mass is 10.1. The van der Waals surface area contributed by atoms with E-state index in [0.29, 0.717) is 12.1 Å². The molecule has 3 heterocycles. The normalized spacial score (nSPS) is 31.5. The van der Waals surface area contributed by atoms with Crippen molar-refractivity contribution >= 4 is 16.5 Å². The molecule has 1 atom stereocenters. The van der Waals surface area contributed by atoms with Crippen LogP contribution in [-0.4, -0.2) is 44.2 Å². The van der Waals surface area contributed by atoms with E-state index in [4.69, 9.17) is 4.74 Å². The van der Waals surface area contributed by atoms with Gasteiger partial charge in [0.05, 0.1) is 24.5 Å². The van der Waals surface area contributed by atoms with Gasteiger partial charge in [-0.15, -0.1) is 0 Å². The molecule has 1 unspecified atom stereocenters. The molecule has 19 heavy (non-hydrogen) atoms. The van der Waals surface area contributed by atoms with Crippen LogP contribution in [0.1, 0.15) is 25.7 Å². The molecule has 106 valence electrons. The number of hydrogen-bond donors (Lipinski definition) is 1. The second-order valence-corrected chi connectivity index (χ2v) is 7.05. The van der Waals surface area contributed by atoms with Crippen LogP contribution in [-0.2, 0) is 22.1 Å². The summed E-state index contributed by atoms with van der Waals surface area (Å²) in [6, 6.07) is 0.443. The minimum absolute atomic E-state index is 0.324. The lowest BCUT2D eigenvalue weighted by molar-refractivity contribution is 0.0940. The monoisotopic (exact) mass is 283 g/mol. The number of anilines is 1. The van der Waals surface area contributed by atoms with Gasteiger partial charge in [-0.05, 0) is 25.7 Å². The zero-order valence-corrected chi connectivity index (χ0v) is 11.9. The molecule has 2 fully saturated rings. The summed E-state index contributed by atoms with van der Waals surface area (Å²) >= 11 is 0. The standard InChI is InChI=1S/C13H21N3O2S/c17-19-6-3-11(4-7-19)15-12-8-14-16(9-12)10-13-2-1-5-18-13/h8-9,11,13,15H,1-7,10H2. The molecule has 0 spiro atoms. The molecule has 2 saturated heterocycles. The van der Waals surface area contributed by atoms with E-state index in [0.717, 1.165) is 56.0 Å². The summed E-state index contributed by atoms with van der Waals surface area (Å²) in [6.45, 7) is 1.73. The van der Waals surface area contributed by atoms with Gasteiger partial charge in [0, 0.05) is 41.2 Å². The first-order valence-corrected chi connectivity index (χ1v) is 8.54. The summed E-state index contributed by atoms with van der Waals surface area (Å²) in [5.41, 5.74) is 1.07. The quantitative estimate of drug-likeness (QED) is 0.907. The number of ether oxygens (including phenoxy) is 1. The van der Waals surface area contributed by atoms with E-state index in [9.17, 15) is 4.21 Å². The predicted molar refractivity (Wildman–Crippen MR) is 75.7 cm³/mol. The number of aromatic nitrogens is 2. The molecule has 1 N–H and O–H groups in total. The Bertz CT molecular complexity index is 433. The van der Waals surface area contributed by atoms with Crippen LogP contribution in [0.3, 0.4) is 0 Å². The molecule has 5 nitrogen and oxygen atoms in total. The van der Waals surface area contributed by atoms with Crippen molar-refractivity contribution in [1.82, 2.24) is 9.78 Å². The van der Waals surface area contributed by atoms with Crippen LogP contribution in [0, 0.1) is 0 Å². The first-order valence-electron chi connectivity index (χ1n) is 7.05. The topological polar surface area (TPSA) is 56.2 Å². The van der Waals surface area contributed by atoms with Crippen molar-refractivity contribution < 1.29 is 8.95 Å². The molecule has 0 amide bonds. The van der Waals surface area contributed by atoms with Gasteiger partial charge in [0.25, 0.3) is 0 Å². The molecule has 2 aliphatic heterocycles. The summed E-state index contributed by atoms with van der Waals surface area (Å²) in [7, 11) is -0.594. The maximum atomic E-state index is 11.3. The van der Waals surface area contributed by atoms with Crippen molar-refractivity contribution in [1.29, 1.82) is 0 Å². The maximum absolute atomic E-state index is 11.3. The molecule has 0 aromatic carbocycles. The SMILES string of the molecule is O=S1CCC(Nc2cnn(CC3CCCO3)c2)CC1. The minimum Gasteiger partial charge on any atom is -0.380 e. The fraction of sp³-hybridized carbons (Fsp3) is 0.769. The van der Waals surface area contributed by atoms with E-state index in [1.165, 1.54) is 0 Å². The molecule has 0 aliphatic carbocycles. The van der Waals surface area contributed by atoms with Crippen molar-refractivity contribution in [2.75, 3.05) is 23.4 Å². The van der Waals surface area contributed by atoms with Gasteiger partial charge in [-0.25, -0.2) is 0 Å². The van der Waals surface area contributed by atoms with E-state index in [1.54, 1.807) is 0 Å². The Hall–Kier alpha value is -0.880. The fourth-order valence-electron chi connectivity index (χ4n) is 2.71. The van der Waals surface area contributed by atoms with Crippen molar-refractivity contribution in [3.05, 3.63) is 12.4 Å². The zero-order chi connectivity index (χ0) is 13.1. The van der Waals surface area contributed by atoms with Crippen LogP contribution in [0.25, 0.3) is 0 Å². The average molecular weight is 283 g/mol. The van der Waals surface area contributed by atoms with Crippen LogP contribution >= 0.6 is 0 Å². The summed E-state index contributed by atoms with van der Waals surface area (Å²) < 4.78 is 18.9. The molecule has 1 aromatic rings. The number of nitrogens with zero attached hydrogens (tertiary/aromatic N) is 2. The second kappa shape index (κ2) is 6.05. The van der Waals surface area contributed by atoms with Crippen LogP contribution in [0.5, 0.6) is 0 Å². The van der Waals surface area contributed by atoms with Gasteiger partial charge < -0.3 is 10.1 Å². The smallest absolute Gasteiger partial charge is 0.0771 e. The Balaban J connectivity index is 1.51. The third-order valence-electron chi connectivity index (χ3n) is 3.81. The maximum Gasteiger partial charge on any atom is 0.0771 e. The summed E-state index contributed by atoms with van der Waals surface area (Å²) in [5.74, 6) is 1.64. The van der Waals surface area contributed by atoms with E-state index < -0.39 is 10.8 Å². The molecule has 0 radical (unpaired) electrons. The Kier molecular flexibility index (Phi) is 4.18. The van der Waals surface area contributed by atoms with Gasteiger partial charge in [0.1, 0.15) is 0 Å². The minimum atomic E-state index is -0.594. The predicted octanol–water partition coefficient (Wildman–Crippen LogP) is 1.39. The average Bonchev–Trinajstić information content (AvgIpc) is 3.05. The lowest BCUT2D eigenvalue weighted by Gasteiger charge is -2.22. The van der Waals surface area contributed by atoms with Crippen molar-refractivity contribution in [2.45, 2.75) is 44.4 Å². The molecule has 3 rings (SSSR count). The van der Waals surface area contributed by atoms with Gasteiger partial charge in [-0.2, -0.15) is 5.10 Å². The highest BCUT2D eigenvalue weighted by molar-refractivity contribution is 7.85. The summed E-state index contributed by atoms with van der Waals surface area (Å²) in [4.78, 5) is 0. The van der Waals surface area contributed by atoms with Gasteiger partial charge in [0.2, 0.25) is 0 Å². The van der Waals surface area contributed by atoms with Gasteiger partial charge in [-0.1, -0.05) is 0 Å². The van der Waals surface area contributed by atoms with Crippen molar-refractivity contribution in [3.63, 3.8) is 0 Å². The van der Waals surface area contributed by atoms with Crippen LogP contribution in [0.15, 0.2) is 12.4 Å². The van der Waals surface area contributed by atoms with Crippen molar-refractivity contribution in [3.8, 4) is 0 Å². The first kappa shape index (κ1) is 13.1. The zero-order valence-electron chi connectivity index (χ0n) is 11.1. The lowest BCUT2D eigenvalue weighted by Crippen LogP contribution is -2.29. The van der Waals surface area contributed by atoms with Gasteiger partial charge in [-0.3, -0.25) is 8.89 Å². The van der Waals surface area contributed by atoms with E-state index >= 15 is 0 Å². The van der Waals surface area contributed by atoms with Gasteiger partial charge >= 0.3 is 0 Å². The van der Waals surface area contributed by atoms with Crippen LogP contribution in [0.4, 0.5) is 5.69 Å². The van der Waals surface area contributed by atoms with E-state index in [1.807, 2.05) is 17.1 Å². The largest absolute Gasteiger partial charge is 0.380 e. The third-order valence-corrected chi connectivity index (χ3v) is 5.19. The molecule has 0 bridgehead atoms. The molecule has 0 saturated carbocycles. The highest BCUT2D eigenvalue weighted by Crippen LogP contribution is 2.17. The molecular formula is C13H21N3O2S. The molecule has 2 aliphatic rings. The van der Waals surface area contributed by atoms with Crippen LogP contribution in [0.2, 0.25) is 0 Å². The molecule has 6 heteroatoms. The Morgan fingerprint density at radius 2 is 2.26 bits per heavy atom. The second-order valence-electron chi connectivity index (χ2n) is 5.35. The number of hydrogen-bond acceptors (Lipinski definition) is 4. The van der Waals surface area contributed by atoms with Crippen LogP contribution < -0.4 is 5.32 Å². The molecule has 1 aromatic heterocycles. The Morgan fingerprint density at radius 1 is 1.42 bits per heavy atom. The Labute approximate surface area is 116 Å². The van der Waals surface area contributed by atoms with E-state index in [2.05, 4.69) is 10.4 Å². The first-order chi connectivity index (χ1) is 9.29. The highest BCUT2D eigenvalue weighted by Gasteiger charge is 2.19. The summed E-state index contributed by atoms with van der Waals surface area (Å²) in [5, 5.41) is 7.86. The van der Waals surface area contributed by atoms with Crippen molar-refractivity contribution in [2.24, 2.45) is 0 Å². The van der Waals surface area contributed by atoms with E-state index in [-0.39, 0.29) is 0 Å². The number of rotatable bonds is 4. The fourth-order valence-corrected chi connectivity index (χ4v) is 4.01.